The van der Waals surface area contributed by atoms with Gasteiger partial charge in [0.05, 0.1) is 18.3 Å². The van der Waals surface area contributed by atoms with Crippen LogP contribution in [0, 0.1) is 11.8 Å². The van der Waals surface area contributed by atoms with Crippen molar-refractivity contribution in [2.24, 2.45) is 11.8 Å². The minimum absolute atomic E-state index is 0.0903. The number of carboxylic acid groups (broad SMARTS) is 1. The number of hydrogen-bond acceptors (Lipinski definition) is 5. The predicted octanol–water partition coefficient (Wildman–Crippen LogP) is 3.78. The summed E-state index contributed by atoms with van der Waals surface area (Å²) >= 11 is 0. The first kappa shape index (κ1) is 26.0. The third-order valence-corrected chi connectivity index (χ3v) is 4.84. The minimum Gasteiger partial charge on any atom is -0.478 e. The van der Waals surface area contributed by atoms with E-state index in [9.17, 15) is 15.0 Å². The quantitative estimate of drug-likeness (QED) is 0.368. The summed E-state index contributed by atoms with van der Waals surface area (Å²) in [5.74, 6) is -0.595. The van der Waals surface area contributed by atoms with Gasteiger partial charge in [-0.3, -0.25) is 0 Å². The number of allylic oxidation sites excluding steroid dienone is 8. The van der Waals surface area contributed by atoms with Crippen molar-refractivity contribution >= 4 is 5.97 Å². The molecule has 3 N–H and O–H groups in total. The van der Waals surface area contributed by atoms with Crippen molar-refractivity contribution in [2.45, 2.75) is 71.7 Å². The molecule has 1 heterocycles. The Morgan fingerprint density at radius 2 is 1.60 bits per heavy atom. The third-order valence-electron chi connectivity index (χ3n) is 4.84. The van der Waals surface area contributed by atoms with Crippen molar-refractivity contribution in [3.8, 4) is 0 Å². The summed E-state index contributed by atoms with van der Waals surface area (Å²) in [6.45, 7) is 10.0. The number of aliphatic carboxylic acids is 1. The van der Waals surface area contributed by atoms with Gasteiger partial charge in [-0.1, -0.05) is 75.0 Å². The Hall–Kier alpha value is -1.99. The van der Waals surface area contributed by atoms with Gasteiger partial charge in [-0.25, -0.2) is 4.79 Å². The van der Waals surface area contributed by atoms with E-state index >= 15 is 0 Å². The highest BCUT2D eigenvalue weighted by molar-refractivity contribution is 5.80. The van der Waals surface area contributed by atoms with Crippen molar-refractivity contribution in [1.29, 1.82) is 0 Å². The second kappa shape index (κ2) is 13.3. The lowest BCUT2D eigenvalue weighted by molar-refractivity contribution is -0.267. The van der Waals surface area contributed by atoms with Crippen LogP contribution >= 0.6 is 0 Å². The zero-order valence-electron chi connectivity index (χ0n) is 18.5. The maximum atomic E-state index is 10.3. The molecule has 0 aliphatic carbocycles. The first-order chi connectivity index (χ1) is 14.1. The van der Waals surface area contributed by atoms with Crippen LogP contribution in [0.5, 0.6) is 0 Å². The zero-order valence-corrected chi connectivity index (χ0v) is 18.5. The molecule has 0 aromatic carbocycles. The molecule has 1 aliphatic heterocycles. The molecule has 6 atom stereocenters. The topological polar surface area (TPSA) is 96.2 Å². The molecule has 0 spiro atoms. The van der Waals surface area contributed by atoms with Gasteiger partial charge in [0.2, 0.25) is 0 Å². The fraction of sp³-hybridized carbons (Fsp3) is 0.542. The summed E-state index contributed by atoms with van der Waals surface area (Å²) in [7, 11) is 0. The number of rotatable bonds is 10. The van der Waals surface area contributed by atoms with E-state index in [-0.39, 0.29) is 24.4 Å². The fourth-order valence-electron chi connectivity index (χ4n) is 3.34. The number of aliphatic hydroxyl groups excluding tert-OH is 2. The first-order valence-electron chi connectivity index (χ1n) is 10.4. The molecule has 1 saturated heterocycles. The molecule has 1 fully saturated rings. The van der Waals surface area contributed by atoms with E-state index in [1.165, 1.54) is 6.08 Å². The van der Waals surface area contributed by atoms with E-state index in [1.54, 1.807) is 19.1 Å². The van der Waals surface area contributed by atoms with Crippen molar-refractivity contribution in [1.82, 2.24) is 0 Å². The first-order valence-corrected chi connectivity index (χ1v) is 10.4. The monoisotopic (exact) mass is 420 g/mol. The molecule has 6 heteroatoms. The van der Waals surface area contributed by atoms with Gasteiger partial charge in [0.1, 0.15) is 6.10 Å². The highest BCUT2D eigenvalue weighted by Crippen LogP contribution is 2.27. The van der Waals surface area contributed by atoms with Crippen LogP contribution in [-0.4, -0.2) is 52.0 Å². The largest absolute Gasteiger partial charge is 0.478 e. The number of aliphatic hydroxyl groups is 2. The Labute approximate surface area is 179 Å². The molecule has 0 aromatic heterocycles. The highest BCUT2D eigenvalue weighted by atomic mass is 16.7. The molecular weight excluding hydrogens is 384 g/mol. The van der Waals surface area contributed by atoms with Gasteiger partial charge in [-0.2, -0.15) is 0 Å². The third kappa shape index (κ3) is 9.67. The molecule has 0 saturated carbocycles. The van der Waals surface area contributed by atoms with Crippen LogP contribution in [0.15, 0.2) is 60.3 Å². The van der Waals surface area contributed by atoms with Crippen LogP contribution in [0.1, 0.15) is 41.0 Å². The van der Waals surface area contributed by atoms with Crippen molar-refractivity contribution in [2.75, 3.05) is 0 Å². The molecule has 1 aliphatic rings. The lowest BCUT2D eigenvalue weighted by Gasteiger charge is -2.38. The molecule has 1 rings (SSSR count). The maximum absolute atomic E-state index is 10.3. The summed E-state index contributed by atoms with van der Waals surface area (Å²) < 4.78 is 11.9. The van der Waals surface area contributed by atoms with Crippen LogP contribution in [0.4, 0.5) is 0 Å². The van der Waals surface area contributed by atoms with E-state index < -0.39 is 30.6 Å². The average molecular weight is 421 g/mol. The molecule has 6 nitrogen and oxygen atoms in total. The number of hydrogen-bond donors (Lipinski definition) is 3. The SMILES string of the molecule is CC(C=CC=CC=CC=CC(=O)O)=CC(C)C(OC1CC(O)C(O)C(C)O1)C(C)C. The average Bonchev–Trinajstić information content (AvgIpc) is 2.65. The zero-order chi connectivity index (χ0) is 22.7. The Kier molecular flexibility index (Phi) is 11.6. The molecular formula is C24H36O6. The smallest absolute Gasteiger partial charge is 0.328 e. The molecule has 0 amide bonds. The number of carbonyl (C=O) groups is 1. The van der Waals surface area contributed by atoms with E-state index in [1.807, 2.05) is 31.2 Å². The van der Waals surface area contributed by atoms with E-state index in [2.05, 4.69) is 26.8 Å². The van der Waals surface area contributed by atoms with Gasteiger partial charge in [0.15, 0.2) is 6.29 Å². The van der Waals surface area contributed by atoms with Crippen LogP contribution in [-0.2, 0) is 14.3 Å². The van der Waals surface area contributed by atoms with Crippen LogP contribution in [0.2, 0.25) is 0 Å². The van der Waals surface area contributed by atoms with Crippen LogP contribution < -0.4 is 0 Å². The summed E-state index contributed by atoms with van der Waals surface area (Å²) in [6.07, 6.45) is 13.1. The summed E-state index contributed by atoms with van der Waals surface area (Å²) in [5, 5.41) is 28.3. The van der Waals surface area contributed by atoms with Gasteiger partial charge in [-0.05, 0) is 19.8 Å². The molecule has 0 bridgehead atoms. The van der Waals surface area contributed by atoms with Crippen molar-refractivity contribution < 1.29 is 29.6 Å². The Balaban J connectivity index is 2.64. The van der Waals surface area contributed by atoms with Gasteiger partial charge >= 0.3 is 5.97 Å². The van der Waals surface area contributed by atoms with Gasteiger partial charge in [0, 0.05) is 18.4 Å². The summed E-state index contributed by atoms with van der Waals surface area (Å²) in [6, 6.07) is 0. The Morgan fingerprint density at radius 3 is 2.13 bits per heavy atom. The van der Waals surface area contributed by atoms with Crippen molar-refractivity contribution in [3.63, 3.8) is 0 Å². The molecule has 30 heavy (non-hydrogen) atoms. The van der Waals surface area contributed by atoms with E-state index in [0.29, 0.717) is 0 Å². The van der Waals surface area contributed by atoms with Crippen LogP contribution in [0.25, 0.3) is 0 Å². The molecule has 168 valence electrons. The number of carboxylic acids is 1. The predicted molar refractivity (Wildman–Crippen MR) is 118 cm³/mol. The van der Waals surface area contributed by atoms with Crippen molar-refractivity contribution in [3.05, 3.63) is 60.3 Å². The van der Waals surface area contributed by atoms with E-state index in [0.717, 1.165) is 11.6 Å². The highest BCUT2D eigenvalue weighted by Gasteiger charge is 2.36. The molecule has 0 aromatic rings. The van der Waals surface area contributed by atoms with E-state index in [4.69, 9.17) is 14.6 Å². The second-order valence-electron chi connectivity index (χ2n) is 8.01. The van der Waals surface area contributed by atoms with Gasteiger partial charge in [0.25, 0.3) is 0 Å². The van der Waals surface area contributed by atoms with Gasteiger partial charge in [-0.15, -0.1) is 0 Å². The van der Waals surface area contributed by atoms with Crippen LogP contribution in [0.3, 0.4) is 0 Å². The lowest BCUT2D eigenvalue weighted by Crippen LogP contribution is -2.49. The Bertz CT molecular complexity index is 661. The fourth-order valence-corrected chi connectivity index (χ4v) is 3.34. The number of ether oxygens (including phenoxy) is 2. The summed E-state index contributed by atoms with van der Waals surface area (Å²) in [4.78, 5) is 10.3. The van der Waals surface area contributed by atoms with Gasteiger partial charge < -0.3 is 24.8 Å². The normalized spacial score (nSPS) is 28.3. The molecule has 0 radical (unpaired) electrons. The maximum Gasteiger partial charge on any atom is 0.328 e. The Morgan fingerprint density at radius 1 is 1.03 bits per heavy atom. The standard InChI is InChI=1S/C24H36O6/c1-16(2)24(30-22-15-20(25)23(28)19(5)29-22)18(4)14-17(3)12-10-8-6-7-9-11-13-21(26)27/h6-14,16,18-20,22-25,28H,15H2,1-5H3,(H,26,27). The second-order valence-corrected chi connectivity index (χ2v) is 8.01. The molecule has 6 unspecified atom stereocenters. The summed E-state index contributed by atoms with van der Waals surface area (Å²) in [5.41, 5.74) is 1.09. The minimum atomic E-state index is -0.972. The lowest BCUT2D eigenvalue weighted by atomic mass is 9.92.